The van der Waals surface area contributed by atoms with Gasteiger partial charge in [0.2, 0.25) is 0 Å². The molecule has 3 aromatic rings. The van der Waals surface area contributed by atoms with Crippen LogP contribution in [0.1, 0.15) is 28.7 Å². The van der Waals surface area contributed by atoms with Crippen LogP contribution in [0.2, 0.25) is 0 Å². The maximum Gasteiger partial charge on any atom is 0.278 e. The normalized spacial score (nSPS) is 10.5. The average Bonchev–Trinajstić information content (AvgIpc) is 2.99. The summed E-state index contributed by atoms with van der Waals surface area (Å²) in [6, 6.07) is 15.1. The molecule has 3 rings (SSSR count). The number of carbonyl (C=O) groups is 1. The molecule has 1 heterocycles. The van der Waals surface area contributed by atoms with Gasteiger partial charge in [-0.15, -0.1) is 5.10 Å². The lowest BCUT2D eigenvalue weighted by Crippen LogP contribution is -2.14. The summed E-state index contributed by atoms with van der Waals surface area (Å²) in [5.41, 5.74) is 3.66. The number of hydrogen-bond donors (Lipinski definition) is 1. The zero-order valence-electron chi connectivity index (χ0n) is 14.5. The molecular formula is C19H20N4O2. The van der Waals surface area contributed by atoms with E-state index < -0.39 is 0 Å². The van der Waals surface area contributed by atoms with Gasteiger partial charge in [-0.2, -0.15) is 0 Å². The number of carbonyl (C=O) groups excluding carboxylic acids is 1. The number of hydrogen-bond acceptors (Lipinski definition) is 4. The first-order chi connectivity index (χ1) is 12.1. The number of benzene rings is 2. The summed E-state index contributed by atoms with van der Waals surface area (Å²) in [7, 11) is 0. The third kappa shape index (κ3) is 3.68. The first-order valence-corrected chi connectivity index (χ1v) is 8.12. The highest BCUT2D eigenvalue weighted by Gasteiger charge is 2.17. The Labute approximate surface area is 146 Å². The van der Waals surface area contributed by atoms with Gasteiger partial charge < -0.3 is 10.1 Å². The molecule has 6 nitrogen and oxygen atoms in total. The highest BCUT2D eigenvalue weighted by Crippen LogP contribution is 2.18. The molecule has 0 aliphatic rings. The zero-order chi connectivity index (χ0) is 17.8. The molecule has 1 aromatic heterocycles. The van der Waals surface area contributed by atoms with Gasteiger partial charge in [0.05, 0.1) is 18.0 Å². The van der Waals surface area contributed by atoms with Crippen LogP contribution in [0.4, 0.5) is 5.69 Å². The highest BCUT2D eigenvalue weighted by atomic mass is 16.5. The first-order valence-electron chi connectivity index (χ1n) is 8.12. The van der Waals surface area contributed by atoms with Gasteiger partial charge >= 0.3 is 0 Å². The molecule has 1 amide bonds. The van der Waals surface area contributed by atoms with Crippen LogP contribution in [0, 0.1) is 13.8 Å². The largest absolute Gasteiger partial charge is 0.494 e. The number of aryl methyl sites for hydroxylation is 1. The lowest BCUT2D eigenvalue weighted by atomic mass is 10.2. The topological polar surface area (TPSA) is 69.0 Å². The maximum atomic E-state index is 12.5. The van der Waals surface area contributed by atoms with Crippen LogP contribution in [0.5, 0.6) is 5.75 Å². The minimum atomic E-state index is -0.279. The molecule has 0 bridgehead atoms. The van der Waals surface area contributed by atoms with Crippen molar-refractivity contribution in [2.24, 2.45) is 0 Å². The summed E-state index contributed by atoms with van der Waals surface area (Å²) >= 11 is 0. The molecule has 25 heavy (non-hydrogen) atoms. The van der Waals surface area contributed by atoms with Crippen molar-refractivity contribution >= 4 is 11.6 Å². The monoisotopic (exact) mass is 336 g/mol. The van der Waals surface area contributed by atoms with Crippen molar-refractivity contribution in [1.29, 1.82) is 0 Å². The second-order valence-corrected chi connectivity index (χ2v) is 5.68. The van der Waals surface area contributed by atoms with E-state index in [4.69, 9.17) is 4.74 Å². The van der Waals surface area contributed by atoms with Crippen LogP contribution in [0.25, 0.3) is 5.69 Å². The third-order valence-corrected chi connectivity index (χ3v) is 3.81. The van der Waals surface area contributed by atoms with E-state index in [2.05, 4.69) is 15.6 Å². The lowest BCUT2D eigenvalue weighted by molar-refractivity contribution is 0.102. The number of amides is 1. The molecule has 6 heteroatoms. The van der Waals surface area contributed by atoms with E-state index in [1.165, 1.54) is 0 Å². The van der Waals surface area contributed by atoms with Gasteiger partial charge in [-0.1, -0.05) is 22.9 Å². The van der Waals surface area contributed by atoms with Crippen molar-refractivity contribution in [2.45, 2.75) is 20.8 Å². The van der Waals surface area contributed by atoms with E-state index >= 15 is 0 Å². The van der Waals surface area contributed by atoms with E-state index in [-0.39, 0.29) is 5.91 Å². The van der Waals surface area contributed by atoms with E-state index in [0.29, 0.717) is 18.0 Å². The van der Waals surface area contributed by atoms with Gasteiger partial charge in [-0.25, -0.2) is 4.68 Å². The van der Waals surface area contributed by atoms with Crippen molar-refractivity contribution in [3.63, 3.8) is 0 Å². The van der Waals surface area contributed by atoms with Gasteiger partial charge in [0.15, 0.2) is 5.69 Å². The molecule has 0 spiro atoms. The van der Waals surface area contributed by atoms with Crippen molar-refractivity contribution in [3.8, 4) is 11.4 Å². The predicted octanol–water partition coefficient (Wildman–Crippen LogP) is 3.54. The van der Waals surface area contributed by atoms with E-state index in [0.717, 1.165) is 22.7 Å². The predicted molar refractivity (Wildman–Crippen MR) is 96.4 cm³/mol. The summed E-state index contributed by atoms with van der Waals surface area (Å²) < 4.78 is 7.07. The fourth-order valence-corrected chi connectivity index (χ4v) is 2.46. The van der Waals surface area contributed by atoms with Crippen LogP contribution < -0.4 is 10.1 Å². The first kappa shape index (κ1) is 16.7. The van der Waals surface area contributed by atoms with Gasteiger partial charge in [-0.05, 0) is 57.2 Å². The summed E-state index contributed by atoms with van der Waals surface area (Å²) in [4.78, 5) is 12.5. The van der Waals surface area contributed by atoms with Crippen molar-refractivity contribution in [3.05, 3.63) is 65.5 Å². The quantitative estimate of drug-likeness (QED) is 0.774. The number of rotatable bonds is 5. The second kappa shape index (κ2) is 7.17. The molecule has 0 atom stereocenters. The van der Waals surface area contributed by atoms with Crippen LogP contribution in [0.3, 0.4) is 0 Å². The number of nitrogens with one attached hydrogen (secondary N) is 1. The third-order valence-electron chi connectivity index (χ3n) is 3.81. The van der Waals surface area contributed by atoms with Gasteiger partial charge in [-0.3, -0.25) is 4.79 Å². The fourth-order valence-electron chi connectivity index (χ4n) is 2.46. The molecule has 128 valence electrons. The Morgan fingerprint density at radius 1 is 1.08 bits per heavy atom. The van der Waals surface area contributed by atoms with Crippen molar-refractivity contribution in [1.82, 2.24) is 15.0 Å². The summed E-state index contributed by atoms with van der Waals surface area (Å²) in [6.07, 6.45) is 0. The molecule has 0 saturated carbocycles. The lowest BCUT2D eigenvalue weighted by Gasteiger charge is -2.07. The molecular weight excluding hydrogens is 316 g/mol. The number of aromatic nitrogens is 3. The van der Waals surface area contributed by atoms with Crippen LogP contribution in [-0.4, -0.2) is 27.5 Å². The Hall–Kier alpha value is -3.15. The molecule has 0 unspecified atom stereocenters. The van der Waals surface area contributed by atoms with E-state index in [1.807, 2.05) is 69.3 Å². The summed E-state index contributed by atoms with van der Waals surface area (Å²) in [6.45, 7) is 6.37. The second-order valence-electron chi connectivity index (χ2n) is 5.68. The van der Waals surface area contributed by atoms with Gasteiger partial charge in [0.25, 0.3) is 5.91 Å². The Morgan fingerprint density at radius 2 is 1.76 bits per heavy atom. The highest BCUT2D eigenvalue weighted by molar-refractivity contribution is 6.03. The molecule has 0 aliphatic heterocycles. The SMILES string of the molecule is CCOc1ccc(-n2nnc(C(=O)Nc3ccc(C)cc3)c2C)cc1. The number of ether oxygens (including phenoxy) is 1. The summed E-state index contributed by atoms with van der Waals surface area (Å²) in [5.74, 6) is 0.514. The Bertz CT molecular complexity index is 867. The Kier molecular flexibility index (Phi) is 4.79. The minimum absolute atomic E-state index is 0.279. The average molecular weight is 336 g/mol. The van der Waals surface area contributed by atoms with Crippen LogP contribution >= 0.6 is 0 Å². The van der Waals surface area contributed by atoms with E-state index in [9.17, 15) is 4.79 Å². The summed E-state index contributed by atoms with van der Waals surface area (Å²) in [5, 5.41) is 11.0. The minimum Gasteiger partial charge on any atom is -0.494 e. The van der Waals surface area contributed by atoms with E-state index in [1.54, 1.807) is 4.68 Å². The Morgan fingerprint density at radius 3 is 2.40 bits per heavy atom. The van der Waals surface area contributed by atoms with Crippen molar-refractivity contribution < 1.29 is 9.53 Å². The molecule has 0 fully saturated rings. The molecule has 0 saturated heterocycles. The Balaban J connectivity index is 1.80. The number of nitrogens with zero attached hydrogens (tertiary/aromatic N) is 3. The molecule has 0 aliphatic carbocycles. The van der Waals surface area contributed by atoms with Gasteiger partial charge in [0, 0.05) is 5.69 Å². The van der Waals surface area contributed by atoms with Crippen LogP contribution in [0.15, 0.2) is 48.5 Å². The molecule has 0 radical (unpaired) electrons. The van der Waals surface area contributed by atoms with Crippen LogP contribution in [-0.2, 0) is 0 Å². The number of anilines is 1. The maximum absolute atomic E-state index is 12.5. The standard InChI is InChI=1S/C19H20N4O2/c1-4-25-17-11-9-16(10-12-17)23-14(3)18(21-22-23)19(24)20-15-7-5-13(2)6-8-15/h5-12H,4H2,1-3H3,(H,20,24). The molecule has 1 N–H and O–H groups in total. The molecule has 2 aromatic carbocycles. The van der Waals surface area contributed by atoms with Gasteiger partial charge in [0.1, 0.15) is 5.75 Å². The smallest absolute Gasteiger partial charge is 0.278 e. The zero-order valence-corrected chi connectivity index (χ0v) is 14.5. The fraction of sp³-hybridized carbons (Fsp3) is 0.211. The van der Waals surface area contributed by atoms with Crippen molar-refractivity contribution in [2.75, 3.05) is 11.9 Å².